The molecule has 0 unspecified atom stereocenters. The Morgan fingerprint density at radius 1 is 1.48 bits per heavy atom. The fourth-order valence-electron chi connectivity index (χ4n) is 1.77. The lowest BCUT2D eigenvalue weighted by molar-refractivity contribution is -0.122. The molecule has 1 saturated heterocycles. The Labute approximate surface area is 135 Å². The first-order valence-corrected chi connectivity index (χ1v) is 7.79. The summed E-state index contributed by atoms with van der Waals surface area (Å²) in [7, 11) is 0. The molecular weight excluding hydrogens is 354 g/mol. The number of imide groups is 1. The highest BCUT2D eigenvalue weighted by Gasteiger charge is 2.33. The number of terminal acetylenes is 1. The average Bonchev–Trinajstić information content (AvgIpc) is 2.72. The Hall–Kier alpha value is -1.71. The number of thioether (sulfide) groups is 1. The third-order valence-corrected chi connectivity index (χ3v) is 4.28. The Kier molecular flexibility index (Phi) is 5.10. The molecule has 0 aromatic heterocycles. The summed E-state index contributed by atoms with van der Waals surface area (Å²) in [5.41, 5.74) is 0.802. The summed E-state index contributed by atoms with van der Waals surface area (Å²) in [5.74, 6) is 2.77. The van der Waals surface area contributed by atoms with E-state index in [1.165, 1.54) is 4.90 Å². The molecule has 1 fully saturated rings. The summed E-state index contributed by atoms with van der Waals surface area (Å²) < 4.78 is 6.08. The third-order valence-electron chi connectivity index (χ3n) is 2.75. The highest BCUT2D eigenvalue weighted by Crippen LogP contribution is 2.33. The average molecular weight is 366 g/mol. The molecule has 0 aliphatic carbocycles. The molecule has 1 heterocycles. The summed E-state index contributed by atoms with van der Waals surface area (Å²) in [4.78, 5) is 25.3. The predicted octanol–water partition coefficient (Wildman–Crippen LogP) is 3.52. The van der Waals surface area contributed by atoms with Gasteiger partial charge in [-0.3, -0.25) is 14.5 Å². The van der Waals surface area contributed by atoms with Gasteiger partial charge in [0.1, 0.15) is 12.4 Å². The highest BCUT2D eigenvalue weighted by molar-refractivity contribution is 9.10. The number of amides is 2. The Morgan fingerprint density at radius 2 is 2.24 bits per heavy atom. The summed E-state index contributed by atoms with van der Waals surface area (Å²) in [6.07, 6.45) is 6.83. The fourth-order valence-corrected chi connectivity index (χ4v) is 3.18. The number of nitrogens with zero attached hydrogens (tertiary/aromatic N) is 1. The van der Waals surface area contributed by atoms with Crippen LogP contribution in [0.2, 0.25) is 0 Å². The van der Waals surface area contributed by atoms with Crippen molar-refractivity contribution in [2.45, 2.75) is 6.92 Å². The van der Waals surface area contributed by atoms with Crippen LogP contribution in [0.25, 0.3) is 6.08 Å². The summed E-state index contributed by atoms with van der Waals surface area (Å²) in [6.45, 7) is 2.34. The molecule has 0 saturated carbocycles. The zero-order valence-electron chi connectivity index (χ0n) is 11.3. The van der Waals surface area contributed by atoms with Crippen molar-refractivity contribution in [1.82, 2.24) is 4.90 Å². The van der Waals surface area contributed by atoms with E-state index in [9.17, 15) is 9.59 Å². The van der Waals surface area contributed by atoms with E-state index >= 15 is 0 Å². The van der Waals surface area contributed by atoms with Crippen LogP contribution in [0, 0.1) is 12.3 Å². The molecule has 1 aliphatic heterocycles. The normalized spacial score (nSPS) is 16.4. The van der Waals surface area contributed by atoms with E-state index in [-0.39, 0.29) is 17.8 Å². The van der Waals surface area contributed by atoms with E-state index in [1.54, 1.807) is 25.1 Å². The number of likely N-dealkylation sites (N-methyl/N-ethyl adjacent to an activating group) is 1. The van der Waals surface area contributed by atoms with Crippen molar-refractivity contribution in [3.63, 3.8) is 0 Å². The van der Waals surface area contributed by atoms with Crippen molar-refractivity contribution in [2.24, 2.45) is 0 Å². The van der Waals surface area contributed by atoms with Crippen molar-refractivity contribution >= 4 is 44.9 Å². The topological polar surface area (TPSA) is 46.6 Å². The number of benzene rings is 1. The van der Waals surface area contributed by atoms with Gasteiger partial charge in [0.05, 0.1) is 9.38 Å². The minimum atomic E-state index is -0.253. The predicted molar refractivity (Wildman–Crippen MR) is 86.8 cm³/mol. The van der Waals surface area contributed by atoms with Gasteiger partial charge in [0.25, 0.3) is 11.1 Å². The second-order valence-electron chi connectivity index (χ2n) is 4.11. The van der Waals surface area contributed by atoms with Crippen LogP contribution in [0.3, 0.4) is 0 Å². The van der Waals surface area contributed by atoms with E-state index in [0.717, 1.165) is 21.8 Å². The molecule has 4 nitrogen and oxygen atoms in total. The standard InChI is InChI=1S/C15H12BrNO3S/c1-3-7-20-12-6-5-10(8-11(12)16)9-13-14(18)17(4-2)15(19)21-13/h1,5-6,8-9H,4,7H2,2H3/b13-9+. The number of hydrogen-bond acceptors (Lipinski definition) is 4. The smallest absolute Gasteiger partial charge is 0.293 e. The lowest BCUT2D eigenvalue weighted by Gasteiger charge is -2.07. The quantitative estimate of drug-likeness (QED) is 0.604. The van der Waals surface area contributed by atoms with Crippen LogP contribution in [0.1, 0.15) is 12.5 Å². The van der Waals surface area contributed by atoms with Crippen LogP contribution >= 0.6 is 27.7 Å². The molecule has 1 aromatic carbocycles. The molecule has 2 amide bonds. The molecule has 0 atom stereocenters. The molecule has 6 heteroatoms. The lowest BCUT2D eigenvalue weighted by Crippen LogP contribution is -2.27. The van der Waals surface area contributed by atoms with Gasteiger partial charge in [0, 0.05) is 6.54 Å². The maximum Gasteiger partial charge on any atom is 0.293 e. The van der Waals surface area contributed by atoms with Crippen molar-refractivity contribution in [1.29, 1.82) is 0 Å². The molecule has 1 aliphatic rings. The fraction of sp³-hybridized carbons (Fsp3) is 0.200. The Balaban J connectivity index is 2.22. The molecule has 0 spiro atoms. The number of halogens is 1. The zero-order chi connectivity index (χ0) is 15.4. The maximum atomic E-state index is 12.0. The molecule has 0 N–H and O–H groups in total. The number of rotatable bonds is 4. The van der Waals surface area contributed by atoms with Crippen LogP contribution < -0.4 is 4.74 Å². The van der Waals surface area contributed by atoms with Crippen LogP contribution in [-0.4, -0.2) is 29.2 Å². The van der Waals surface area contributed by atoms with E-state index < -0.39 is 0 Å². The summed E-state index contributed by atoms with van der Waals surface area (Å²) in [5, 5.41) is -0.234. The Morgan fingerprint density at radius 3 is 2.81 bits per heavy atom. The lowest BCUT2D eigenvalue weighted by atomic mass is 10.2. The van der Waals surface area contributed by atoms with Crippen molar-refractivity contribution in [3.05, 3.63) is 33.1 Å². The minimum Gasteiger partial charge on any atom is -0.480 e. The second-order valence-corrected chi connectivity index (χ2v) is 5.96. The highest BCUT2D eigenvalue weighted by atomic mass is 79.9. The number of hydrogen-bond donors (Lipinski definition) is 0. The molecule has 0 radical (unpaired) electrons. The molecule has 21 heavy (non-hydrogen) atoms. The van der Waals surface area contributed by atoms with Gasteiger partial charge in [-0.15, -0.1) is 6.42 Å². The van der Waals surface area contributed by atoms with Crippen LogP contribution in [0.4, 0.5) is 4.79 Å². The number of ether oxygens (including phenoxy) is 1. The second kappa shape index (κ2) is 6.83. The van der Waals surface area contributed by atoms with Gasteiger partial charge < -0.3 is 4.74 Å². The minimum absolute atomic E-state index is 0.188. The molecule has 1 aromatic rings. The van der Waals surface area contributed by atoms with E-state index in [0.29, 0.717) is 17.2 Å². The molecule has 2 rings (SSSR count). The largest absolute Gasteiger partial charge is 0.480 e. The van der Waals surface area contributed by atoms with E-state index in [1.807, 2.05) is 6.07 Å². The van der Waals surface area contributed by atoms with E-state index in [2.05, 4.69) is 21.9 Å². The summed E-state index contributed by atoms with van der Waals surface area (Å²) >= 11 is 4.34. The van der Waals surface area contributed by atoms with E-state index in [4.69, 9.17) is 11.2 Å². The zero-order valence-corrected chi connectivity index (χ0v) is 13.7. The Bertz CT molecular complexity index is 663. The van der Waals surface area contributed by atoms with Crippen molar-refractivity contribution in [3.8, 4) is 18.1 Å². The first-order valence-electron chi connectivity index (χ1n) is 6.18. The van der Waals surface area contributed by atoms with Gasteiger partial charge in [-0.05, 0) is 58.4 Å². The van der Waals surface area contributed by atoms with Gasteiger partial charge in [0.2, 0.25) is 0 Å². The van der Waals surface area contributed by atoms with Crippen molar-refractivity contribution < 1.29 is 14.3 Å². The molecule has 108 valence electrons. The SMILES string of the molecule is C#CCOc1ccc(/C=C2/SC(=O)N(CC)C2=O)cc1Br. The van der Waals surface area contributed by atoms with Gasteiger partial charge in [-0.2, -0.15) is 0 Å². The molecule has 0 bridgehead atoms. The maximum absolute atomic E-state index is 12.0. The number of carbonyl (C=O) groups is 2. The van der Waals surface area contributed by atoms with Gasteiger partial charge >= 0.3 is 0 Å². The van der Waals surface area contributed by atoms with Crippen molar-refractivity contribution in [2.75, 3.05) is 13.2 Å². The van der Waals surface area contributed by atoms with Crippen LogP contribution in [0.5, 0.6) is 5.75 Å². The van der Waals surface area contributed by atoms with Gasteiger partial charge in [-0.1, -0.05) is 12.0 Å². The first kappa shape index (κ1) is 15.7. The first-order chi connectivity index (χ1) is 10.1. The molecular formula is C15H12BrNO3S. The monoisotopic (exact) mass is 365 g/mol. The van der Waals surface area contributed by atoms with Crippen LogP contribution in [0.15, 0.2) is 27.6 Å². The summed E-state index contributed by atoms with van der Waals surface area (Å²) in [6, 6.07) is 5.37. The third kappa shape index (κ3) is 3.49. The number of carbonyl (C=O) groups excluding carboxylic acids is 2. The van der Waals surface area contributed by atoms with Gasteiger partial charge in [0.15, 0.2) is 0 Å². The van der Waals surface area contributed by atoms with Crippen LogP contribution in [-0.2, 0) is 4.79 Å². The van der Waals surface area contributed by atoms with Gasteiger partial charge in [-0.25, -0.2) is 0 Å².